The lowest BCUT2D eigenvalue weighted by molar-refractivity contribution is -0.0468. The van der Waals surface area contributed by atoms with Crippen LogP contribution >= 0.6 is 0 Å². The van der Waals surface area contributed by atoms with Crippen molar-refractivity contribution in [2.75, 3.05) is 6.61 Å². The molecule has 108 valence electrons. The standard InChI is InChI=1S/C13H20N2O2.C2H6/c1-10(2)4-7-17-11-8-14-12(15-9-11)13(16)5-3-6-13;1-2/h8-10,16H,3-7H2,1-2H3;1-2H3. The molecule has 1 aliphatic carbocycles. The summed E-state index contributed by atoms with van der Waals surface area (Å²) in [4.78, 5) is 8.37. The molecule has 1 aromatic heterocycles. The van der Waals surface area contributed by atoms with Gasteiger partial charge in [-0.25, -0.2) is 9.97 Å². The van der Waals surface area contributed by atoms with Crippen LogP contribution in [0, 0.1) is 5.92 Å². The zero-order valence-corrected chi connectivity index (χ0v) is 12.5. The second-order valence-corrected chi connectivity index (χ2v) is 5.16. The molecule has 1 saturated carbocycles. The van der Waals surface area contributed by atoms with Gasteiger partial charge < -0.3 is 9.84 Å². The van der Waals surface area contributed by atoms with E-state index in [4.69, 9.17) is 4.74 Å². The third-order valence-corrected chi connectivity index (χ3v) is 3.19. The van der Waals surface area contributed by atoms with Crippen molar-refractivity contribution in [1.82, 2.24) is 9.97 Å². The zero-order valence-electron chi connectivity index (χ0n) is 12.5. The van der Waals surface area contributed by atoms with Crippen molar-refractivity contribution in [3.05, 3.63) is 18.2 Å². The number of ether oxygens (including phenoxy) is 1. The molecule has 1 aromatic rings. The molecule has 0 bridgehead atoms. The van der Waals surface area contributed by atoms with Gasteiger partial charge in [-0.1, -0.05) is 27.7 Å². The summed E-state index contributed by atoms with van der Waals surface area (Å²) in [5.74, 6) is 1.84. The summed E-state index contributed by atoms with van der Waals surface area (Å²) in [6.07, 6.45) is 6.90. The number of nitrogens with zero attached hydrogens (tertiary/aromatic N) is 2. The average molecular weight is 266 g/mol. The summed E-state index contributed by atoms with van der Waals surface area (Å²) in [7, 11) is 0. The SMILES string of the molecule is CC.CC(C)CCOc1cnc(C2(O)CCC2)nc1. The number of hydrogen-bond donors (Lipinski definition) is 1. The molecule has 4 nitrogen and oxygen atoms in total. The lowest BCUT2D eigenvalue weighted by atomic mass is 9.79. The summed E-state index contributed by atoms with van der Waals surface area (Å²) in [6.45, 7) is 9.01. The van der Waals surface area contributed by atoms with Crippen LogP contribution in [0.2, 0.25) is 0 Å². The Morgan fingerprint density at radius 2 is 1.84 bits per heavy atom. The molecule has 0 saturated heterocycles. The molecule has 1 aliphatic rings. The lowest BCUT2D eigenvalue weighted by Gasteiger charge is -2.34. The minimum Gasteiger partial charge on any atom is -0.490 e. The van der Waals surface area contributed by atoms with Gasteiger partial charge in [0.15, 0.2) is 11.6 Å². The Bertz CT molecular complexity index is 359. The van der Waals surface area contributed by atoms with Gasteiger partial charge in [0.1, 0.15) is 5.60 Å². The van der Waals surface area contributed by atoms with Crippen molar-refractivity contribution in [2.24, 2.45) is 5.92 Å². The molecule has 0 radical (unpaired) electrons. The molecule has 0 amide bonds. The fourth-order valence-electron chi connectivity index (χ4n) is 1.78. The number of aromatic nitrogens is 2. The van der Waals surface area contributed by atoms with E-state index in [9.17, 15) is 5.11 Å². The van der Waals surface area contributed by atoms with E-state index < -0.39 is 5.60 Å². The van der Waals surface area contributed by atoms with Crippen molar-refractivity contribution in [3.63, 3.8) is 0 Å². The average Bonchev–Trinajstić information content (AvgIpc) is 2.39. The first-order chi connectivity index (χ1) is 9.10. The molecule has 2 rings (SSSR count). The number of aliphatic hydroxyl groups is 1. The first-order valence-electron chi connectivity index (χ1n) is 7.28. The summed E-state index contributed by atoms with van der Waals surface area (Å²) in [5, 5.41) is 10.1. The van der Waals surface area contributed by atoms with Gasteiger partial charge in [-0.2, -0.15) is 0 Å². The molecule has 0 aromatic carbocycles. The first-order valence-corrected chi connectivity index (χ1v) is 7.28. The summed E-state index contributed by atoms with van der Waals surface area (Å²) >= 11 is 0. The van der Waals surface area contributed by atoms with E-state index in [2.05, 4.69) is 23.8 Å². The van der Waals surface area contributed by atoms with Gasteiger partial charge in [0.25, 0.3) is 0 Å². The minimum atomic E-state index is -0.781. The van der Waals surface area contributed by atoms with Crippen LogP contribution in [0.1, 0.15) is 59.2 Å². The number of rotatable bonds is 5. The van der Waals surface area contributed by atoms with E-state index in [1.165, 1.54) is 0 Å². The van der Waals surface area contributed by atoms with E-state index in [1.54, 1.807) is 12.4 Å². The molecule has 1 heterocycles. The van der Waals surface area contributed by atoms with Crippen LogP contribution in [-0.2, 0) is 5.60 Å². The van der Waals surface area contributed by atoms with Gasteiger partial charge in [-0.3, -0.25) is 0 Å². The smallest absolute Gasteiger partial charge is 0.160 e. The molecule has 1 fully saturated rings. The van der Waals surface area contributed by atoms with Crippen molar-refractivity contribution < 1.29 is 9.84 Å². The van der Waals surface area contributed by atoms with Crippen LogP contribution in [0.4, 0.5) is 0 Å². The van der Waals surface area contributed by atoms with Crippen molar-refractivity contribution in [1.29, 1.82) is 0 Å². The highest BCUT2D eigenvalue weighted by Crippen LogP contribution is 2.39. The largest absolute Gasteiger partial charge is 0.490 e. The van der Waals surface area contributed by atoms with Crippen LogP contribution in [-0.4, -0.2) is 21.7 Å². The normalized spacial score (nSPS) is 16.3. The molecule has 0 unspecified atom stereocenters. The van der Waals surface area contributed by atoms with Crippen molar-refractivity contribution >= 4 is 0 Å². The first kappa shape index (κ1) is 15.9. The summed E-state index contributed by atoms with van der Waals surface area (Å²) in [6, 6.07) is 0. The van der Waals surface area contributed by atoms with Gasteiger partial charge >= 0.3 is 0 Å². The van der Waals surface area contributed by atoms with E-state index in [0.29, 0.717) is 24.1 Å². The van der Waals surface area contributed by atoms with Crippen LogP contribution in [0.25, 0.3) is 0 Å². The van der Waals surface area contributed by atoms with Crippen LogP contribution in [0.5, 0.6) is 5.75 Å². The van der Waals surface area contributed by atoms with E-state index >= 15 is 0 Å². The van der Waals surface area contributed by atoms with Gasteiger partial charge in [0.05, 0.1) is 19.0 Å². The summed E-state index contributed by atoms with van der Waals surface area (Å²) < 4.78 is 5.53. The zero-order chi connectivity index (χ0) is 14.3. The van der Waals surface area contributed by atoms with Gasteiger partial charge in [-0.05, 0) is 31.6 Å². The topological polar surface area (TPSA) is 55.2 Å². The quantitative estimate of drug-likeness (QED) is 0.888. The Morgan fingerprint density at radius 1 is 1.26 bits per heavy atom. The Kier molecular flexibility index (Phi) is 6.22. The molecule has 1 N–H and O–H groups in total. The molecule has 19 heavy (non-hydrogen) atoms. The predicted octanol–water partition coefficient (Wildman–Crippen LogP) is 3.30. The second-order valence-electron chi connectivity index (χ2n) is 5.16. The molecular weight excluding hydrogens is 240 g/mol. The Balaban J connectivity index is 0.000000861. The van der Waals surface area contributed by atoms with Gasteiger partial charge in [0.2, 0.25) is 0 Å². The van der Waals surface area contributed by atoms with E-state index in [1.807, 2.05) is 13.8 Å². The molecule has 0 atom stereocenters. The fraction of sp³-hybridized carbons (Fsp3) is 0.733. The maximum atomic E-state index is 10.1. The Morgan fingerprint density at radius 3 is 2.26 bits per heavy atom. The van der Waals surface area contributed by atoms with Gasteiger partial charge in [-0.15, -0.1) is 0 Å². The van der Waals surface area contributed by atoms with Crippen molar-refractivity contribution in [2.45, 2.75) is 59.0 Å². The number of hydrogen-bond acceptors (Lipinski definition) is 4. The lowest BCUT2D eigenvalue weighted by Crippen LogP contribution is -2.35. The van der Waals surface area contributed by atoms with Gasteiger partial charge in [0, 0.05) is 0 Å². The van der Waals surface area contributed by atoms with Crippen LogP contribution in [0.15, 0.2) is 12.4 Å². The highest BCUT2D eigenvalue weighted by Gasteiger charge is 2.38. The Hall–Kier alpha value is -1.16. The van der Waals surface area contributed by atoms with Crippen LogP contribution in [0.3, 0.4) is 0 Å². The minimum absolute atomic E-state index is 0.528. The maximum Gasteiger partial charge on any atom is 0.160 e. The maximum absolute atomic E-state index is 10.1. The van der Waals surface area contributed by atoms with E-state index in [-0.39, 0.29) is 0 Å². The Labute approximate surface area is 116 Å². The second kappa shape index (κ2) is 7.43. The summed E-state index contributed by atoms with van der Waals surface area (Å²) in [5.41, 5.74) is -0.781. The highest BCUT2D eigenvalue weighted by molar-refractivity contribution is 5.16. The monoisotopic (exact) mass is 266 g/mol. The molecule has 4 heteroatoms. The van der Waals surface area contributed by atoms with E-state index in [0.717, 1.165) is 25.7 Å². The fourth-order valence-corrected chi connectivity index (χ4v) is 1.78. The highest BCUT2D eigenvalue weighted by atomic mass is 16.5. The van der Waals surface area contributed by atoms with Crippen molar-refractivity contribution in [3.8, 4) is 5.75 Å². The predicted molar refractivity (Wildman–Crippen MR) is 76.1 cm³/mol. The third-order valence-electron chi connectivity index (χ3n) is 3.19. The molecular formula is C15H26N2O2. The molecule has 0 aliphatic heterocycles. The van der Waals surface area contributed by atoms with Crippen LogP contribution < -0.4 is 4.74 Å². The third kappa shape index (κ3) is 4.46. The molecule has 0 spiro atoms.